The number of ether oxygens (including phenoxy) is 2. The molecule has 0 fully saturated rings. The number of halogens is 1. The third-order valence-corrected chi connectivity index (χ3v) is 4.82. The van der Waals surface area contributed by atoms with Crippen LogP contribution in [0.4, 0.5) is 5.69 Å². The third kappa shape index (κ3) is 5.25. The van der Waals surface area contributed by atoms with E-state index in [-0.39, 0.29) is 16.8 Å². The number of carbonyl (C=O) groups excluding carboxylic acids is 1. The van der Waals surface area contributed by atoms with Crippen LogP contribution in [0.3, 0.4) is 0 Å². The summed E-state index contributed by atoms with van der Waals surface area (Å²) in [5.41, 5.74) is 0.283. The van der Waals surface area contributed by atoms with Crippen LogP contribution in [0.25, 0.3) is 0 Å². The van der Waals surface area contributed by atoms with Crippen molar-refractivity contribution in [3.63, 3.8) is 0 Å². The second-order valence-electron chi connectivity index (χ2n) is 5.42. The van der Waals surface area contributed by atoms with Crippen molar-refractivity contribution in [1.29, 1.82) is 0 Å². The number of nitrogens with zero attached hydrogens (tertiary/aromatic N) is 1. The smallest absolute Gasteiger partial charge is 0.243 e. The largest absolute Gasteiger partial charge is 0.495 e. The number of carbonyl (C=O) groups is 1. The van der Waals surface area contributed by atoms with Crippen molar-refractivity contribution in [2.24, 2.45) is 0 Å². The molecule has 1 amide bonds. The Morgan fingerprint density at radius 1 is 1.33 bits per heavy atom. The zero-order chi connectivity index (χ0) is 18.5. The van der Waals surface area contributed by atoms with Crippen molar-refractivity contribution in [3.8, 4) is 5.75 Å². The molecule has 0 bridgehead atoms. The summed E-state index contributed by atoms with van der Waals surface area (Å²) in [4.78, 5) is 12.4. The number of amides is 1. The van der Waals surface area contributed by atoms with Gasteiger partial charge in [0.15, 0.2) is 0 Å². The lowest BCUT2D eigenvalue weighted by atomic mass is 10.2. The van der Waals surface area contributed by atoms with Gasteiger partial charge in [-0.2, -0.15) is 0 Å². The zero-order valence-corrected chi connectivity index (χ0v) is 15.9. The molecule has 1 aromatic carbocycles. The molecule has 0 aromatic heterocycles. The first-order valence-corrected chi connectivity index (χ1v) is 9.46. The minimum absolute atomic E-state index is 0.245. The summed E-state index contributed by atoms with van der Waals surface area (Å²) in [5.74, 6) is -0.0170. The predicted octanol–water partition coefficient (Wildman–Crippen LogP) is 1.65. The summed E-state index contributed by atoms with van der Waals surface area (Å²) >= 11 is 6.07. The van der Waals surface area contributed by atoms with Crippen molar-refractivity contribution >= 4 is 33.2 Å². The molecule has 0 unspecified atom stereocenters. The fraction of sp³-hybridized carbons (Fsp3) is 0.533. The number of anilines is 1. The second kappa shape index (κ2) is 8.55. The molecule has 1 N–H and O–H groups in total. The van der Waals surface area contributed by atoms with Gasteiger partial charge in [0.25, 0.3) is 0 Å². The monoisotopic (exact) mass is 378 g/mol. The van der Waals surface area contributed by atoms with E-state index in [9.17, 15) is 13.2 Å². The van der Waals surface area contributed by atoms with Crippen LogP contribution < -0.4 is 14.4 Å². The van der Waals surface area contributed by atoms with Gasteiger partial charge >= 0.3 is 0 Å². The normalized spacial score (nSPS) is 13.9. The fourth-order valence-corrected chi connectivity index (χ4v) is 3.67. The van der Waals surface area contributed by atoms with Crippen molar-refractivity contribution in [1.82, 2.24) is 5.32 Å². The highest BCUT2D eigenvalue weighted by atomic mass is 35.5. The van der Waals surface area contributed by atoms with Crippen LogP contribution in [0.5, 0.6) is 5.75 Å². The molecule has 0 radical (unpaired) electrons. The maximum Gasteiger partial charge on any atom is 0.243 e. The molecule has 0 saturated carbocycles. The van der Waals surface area contributed by atoms with Crippen molar-refractivity contribution < 1.29 is 22.7 Å². The predicted molar refractivity (Wildman–Crippen MR) is 94.3 cm³/mol. The molecule has 0 aliphatic carbocycles. The van der Waals surface area contributed by atoms with Crippen LogP contribution in [-0.2, 0) is 19.6 Å². The van der Waals surface area contributed by atoms with E-state index in [1.165, 1.54) is 33.3 Å². The summed E-state index contributed by atoms with van der Waals surface area (Å²) < 4.78 is 35.4. The van der Waals surface area contributed by atoms with Gasteiger partial charge in [-0.05, 0) is 32.0 Å². The molecule has 0 aliphatic heterocycles. The van der Waals surface area contributed by atoms with Crippen LogP contribution >= 0.6 is 11.6 Å². The van der Waals surface area contributed by atoms with Gasteiger partial charge in [-0.15, -0.1) is 0 Å². The van der Waals surface area contributed by atoms with E-state index < -0.39 is 22.0 Å². The van der Waals surface area contributed by atoms with E-state index in [0.29, 0.717) is 12.4 Å². The van der Waals surface area contributed by atoms with Crippen LogP contribution in [0, 0.1) is 0 Å². The van der Waals surface area contributed by atoms with Gasteiger partial charge in [-0.1, -0.05) is 11.6 Å². The fourth-order valence-electron chi connectivity index (χ4n) is 2.26. The standard InChI is InChI=1S/C15H23ClN2O5S/c1-10(9-22-3)17-15(19)11(2)18(24(5,20)21)12-6-7-14(23-4)13(16)8-12/h6-8,10-11H,9H2,1-5H3,(H,17,19)/t10-,11-/m0/s1. The molecular formula is C15H23ClN2O5S. The average Bonchev–Trinajstić information content (AvgIpc) is 2.46. The first-order chi connectivity index (χ1) is 11.1. The first-order valence-electron chi connectivity index (χ1n) is 7.24. The van der Waals surface area contributed by atoms with E-state index in [1.54, 1.807) is 13.0 Å². The lowest BCUT2D eigenvalue weighted by molar-refractivity contribution is -0.122. The Hall–Kier alpha value is -1.51. The molecule has 2 atom stereocenters. The Kier molecular flexibility index (Phi) is 7.31. The quantitative estimate of drug-likeness (QED) is 0.743. The van der Waals surface area contributed by atoms with Gasteiger partial charge in [-0.3, -0.25) is 9.10 Å². The van der Waals surface area contributed by atoms with Gasteiger partial charge in [0.1, 0.15) is 11.8 Å². The lowest BCUT2D eigenvalue weighted by Crippen LogP contribution is -2.50. The van der Waals surface area contributed by atoms with Crippen molar-refractivity contribution in [3.05, 3.63) is 23.2 Å². The number of rotatable bonds is 8. The molecule has 24 heavy (non-hydrogen) atoms. The van der Waals surface area contributed by atoms with E-state index in [2.05, 4.69) is 5.32 Å². The topological polar surface area (TPSA) is 84.9 Å². The summed E-state index contributed by atoms with van der Waals surface area (Å²) in [6.45, 7) is 3.60. The van der Waals surface area contributed by atoms with Crippen molar-refractivity contribution in [2.75, 3.05) is 31.4 Å². The highest BCUT2D eigenvalue weighted by Gasteiger charge is 2.30. The molecular weight excluding hydrogens is 356 g/mol. The highest BCUT2D eigenvalue weighted by Crippen LogP contribution is 2.31. The van der Waals surface area contributed by atoms with E-state index in [1.807, 2.05) is 0 Å². The Balaban J connectivity index is 3.14. The van der Waals surface area contributed by atoms with Crippen molar-refractivity contribution in [2.45, 2.75) is 25.9 Å². The Bertz CT molecular complexity index is 680. The number of methoxy groups -OCH3 is 2. The summed E-state index contributed by atoms with van der Waals surface area (Å²) in [6.07, 6.45) is 1.04. The number of sulfonamides is 1. The molecule has 0 aliphatic rings. The summed E-state index contributed by atoms with van der Waals surface area (Å²) in [7, 11) is -0.722. The average molecular weight is 379 g/mol. The summed E-state index contributed by atoms with van der Waals surface area (Å²) in [5, 5.41) is 2.97. The Labute approximate surface area is 147 Å². The third-order valence-electron chi connectivity index (χ3n) is 3.28. The maximum absolute atomic E-state index is 12.4. The van der Waals surface area contributed by atoms with Gasteiger partial charge in [0.05, 0.1) is 30.7 Å². The van der Waals surface area contributed by atoms with E-state index >= 15 is 0 Å². The lowest BCUT2D eigenvalue weighted by Gasteiger charge is -2.29. The minimum Gasteiger partial charge on any atom is -0.495 e. The Morgan fingerprint density at radius 2 is 1.96 bits per heavy atom. The molecule has 0 heterocycles. The maximum atomic E-state index is 12.4. The van der Waals surface area contributed by atoms with Gasteiger partial charge < -0.3 is 14.8 Å². The molecule has 9 heteroatoms. The van der Waals surface area contributed by atoms with Crippen LogP contribution in [0.15, 0.2) is 18.2 Å². The highest BCUT2D eigenvalue weighted by molar-refractivity contribution is 7.92. The molecule has 0 spiro atoms. The minimum atomic E-state index is -3.70. The molecule has 136 valence electrons. The van der Waals surface area contributed by atoms with Gasteiger partial charge in [0.2, 0.25) is 15.9 Å². The van der Waals surface area contributed by atoms with Gasteiger partial charge in [0, 0.05) is 13.2 Å². The number of benzene rings is 1. The van der Waals surface area contributed by atoms with E-state index in [4.69, 9.17) is 21.1 Å². The number of hydrogen-bond donors (Lipinski definition) is 1. The van der Waals surface area contributed by atoms with E-state index in [0.717, 1.165) is 10.6 Å². The second-order valence-corrected chi connectivity index (χ2v) is 7.69. The zero-order valence-electron chi connectivity index (χ0n) is 14.4. The Morgan fingerprint density at radius 3 is 2.42 bits per heavy atom. The number of nitrogens with one attached hydrogen (secondary N) is 1. The van der Waals surface area contributed by atoms with Gasteiger partial charge in [-0.25, -0.2) is 8.42 Å². The SMILES string of the molecule is COC[C@H](C)NC(=O)[C@H](C)N(c1ccc(OC)c(Cl)c1)S(C)(=O)=O. The molecule has 0 saturated heterocycles. The van der Waals surface area contributed by atoms with Crippen LogP contribution in [0.1, 0.15) is 13.8 Å². The molecule has 1 rings (SSSR count). The molecule has 1 aromatic rings. The first kappa shape index (κ1) is 20.5. The van der Waals surface area contributed by atoms with Crippen LogP contribution in [0.2, 0.25) is 5.02 Å². The summed E-state index contributed by atoms with van der Waals surface area (Å²) in [6, 6.07) is 3.33. The number of hydrogen-bond acceptors (Lipinski definition) is 5. The molecule has 7 nitrogen and oxygen atoms in total. The van der Waals surface area contributed by atoms with Crippen LogP contribution in [-0.4, -0.2) is 53.5 Å².